The largest absolute Gasteiger partial charge is 0.478 e. The standard InChI is InChI=1S/C25H33N3O5/c1-16-8-4-7-11-19(18-10-6-5-9-17(12-16)13-18)27-23-26-15-25(32-23,22(29)30)20-14-21(33-28-20)24(2,3)31/h11-14,17,31H,4-10,15H2,1-3H3,(H,26,27)(H,29,30)/b16-12+,19-11-. The number of rotatable bonds is 4. The van der Waals surface area contributed by atoms with E-state index in [1.165, 1.54) is 23.6 Å². The molecule has 0 saturated heterocycles. The molecule has 0 radical (unpaired) electrons. The van der Waals surface area contributed by atoms with Crippen LogP contribution in [0.4, 0.5) is 0 Å². The van der Waals surface area contributed by atoms with Gasteiger partial charge in [0.25, 0.3) is 11.6 Å². The average Bonchev–Trinajstić information content (AvgIpc) is 3.35. The van der Waals surface area contributed by atoms with Gasteiger partial charge in [0.1, 0.15) is 17.8 Å². The van der Waals surface area contributed by atoms with E-state index >= 15 is 0 Å². The molecular formula is C25H33N3O5. The van der Waals surface area contributed by atoms with Crippen LogP contribution < -0.4 is 5.32 Å². The van der Waals surface area contributed by atoms with Gasteiger partial charge in [-0.25, -0.2) is 9.79 Å². The number of carboxylic acid groups (broad SMARTS) is 1. The predicted molar refractivity (Wildman–Crippen MR) is 123 cm³/mol. The SMILES string of the molecule is C/C1=C\C2C=C(CCCC2)/C(NC2=NCC(C(=O)O)(c3cc(C(C)(C)O)on3)O2)=C/CCC1. The number of ether oxygens (including phenoxy) is 1. The Balaban J connectivity index is 1.57. The van der Waals surface area contributed by atoms with Crippen LogP contribution in [0.15, 0.2) is 50.7 Å². The number of aromatic nitrogens is 1. The molecule has 2 heterocycles. The Morgan fingerprint density at radius 2 is 2.06 bits per heavy atom. The van der Waals surface area contributed by atoms with Crippen LogP contribution >= 0.6 is 0 Å². The number of hydrogen-bond donors (Lipinski definition) is 3. The lowest BCUT2D eigenvalue weighted by atomic mass is 9.95. The van der Waals surface area contributed by atoms with Crippen molar-refractivity contribution in [1.82, 2.24) is 10.5 Å². The minimum absolute atomic E-state index is 0.0713. The van der Waals surface area contributed by atoms with E-state index in [4.69, 9.17) is 9.26 Å². The Morgan fingerprint density at radius 1 is 1.24 bits per heavy atom. The third-order valence-corrected chi connectivity index (χ3v) is 6.45. The van der Waals surface area contributed by atoms with Crippen LogP contribution in [0.5, 0.6) is 0 Å². The molecule has 0 amide bonds. The summed E-state index contributed by atoms with van der Waals surface area (Å²) in [6, 6.07) is 1.57. The maximum Gasteiger partial charge on any atom is 0.356 e. The van der Waals surface area contributed by atoms with Gasteiger partial charge in [-0.2, -0.15) is 0 Å². The smallest absolute Gasteiger partial charge is 0.356 e. The third-order valence-electron chi connectivity index (χ3n) is 6.45. The summed E-state index contributed by atoms with van der Waals surface area (Å²) in [6.45, 7) is 5.15. The number of allylic oxidation sites excluding steroid dienone is 5. The van der Waals surface area contributed by atoms with Gasteiger partial charge in [-0.05, 0) is 70.8 Å². The van der Waals surface area contributed by atoms with Crippen molar-refractivity contribution < 1.29 is 24.3 Å². The molecule has 3 N–H and O–H groups in total. The molecule has 178 valence electrons. The molecule has 33 heavy (non-hydrogen) atoms. The molecule has 0 aromatic carbocycles. The number of carboxylic acids is 1. The predicted octanol–water partition coefficient (Wildman–Crippen LogP) is 4.29. The number of aliphatic carboxylic acids is 1. The lowest BCUT2D eigenvalue weighted by Crippen LogP contribution is -2.41. The number of carbonyl (C=O) groups is 1. The molecule has 1 aliphatic heterocycles. The van der Waals surface area contributed by atoms with Crippen molar-refractivity contribution in [2.75, 3.05) is 6.54 Å². The zero-order chi connectivity index (χ0) is 23.6. The molecule has 2 bridgehead atoms. The van der Waals surface area contributed by atoms with E-state index in [-0.39, 0.29) is 24.0 Å². The second-order valence-electron chi connectivity index (χ2n) is 9.74. The fraction of sp³-hybridized carbons (Fsp3) is 0.560. The maximum absolute atomic E-state index is 12.3. The van der Waals surface area contributed by atoms with Gasteiger partial charge >= 0.3 is 5.97 Å². The molecule has 1 aromatic heterocycles. The summed E-state index contributed by atoms with van der Waals surface area (Å²) in [4.78, 5) is 16.6. The summed E-state index contributed by atoms with van der Waals surface area (Å²) in [5, 5.41) is 27.3. The number of fused-ring (bicyclic) bond motifs is 1. The fourth-order valence-corrected chi connectivity index (χ4v) is 4.52. The van der Waals surface area contributed by atoms with Crippen molar-refractivity contribution in [1.29, 1.82) is 0 Å². The molecule has 0 saturated carbocycles. The summed E-state index contributed by atoms with van der Waals surface area (Å²) in [7, 11) is 0. The first kappa shape index (κ1) is 23.3. The molecule has 1 aromatic rings. The zero-order valence-electron chi connectivity index (χ0n) is 19.6. The van der Waals surface area contributed by atoms with Gasteiger partial charge < -0.3 is 24.8 Å². The van der Waals surface area contributed by atoms with Crippen LogP contribution in [0.1, 0.15) is 77.2 Å². The number of nitrogens with zero attached hydrogens (tertiary/aromatic N) is 2. The number of aliphatic imine (C=N–C) groups is 1. The molecule has 8 nitrogen and oxygen atoms in total. The molecule has 2 atom stereocenters. The van der Waals surface area contributed by atoms with Crippen molar-refractivity contribution in [3.63, 3.8) is 0 Å². The third kappa shape index (κ3) is 5.05. The molecule has 8 heteroatoms. The number of hydrogen-bond acceptors (Lipinski definition) is 7. The summed E-state index contributed by atoms with van der Waals surface area (Å²) >= 11 is 0. The Kier molecular flexibility index (Phi) is 6.47. The topological polar surface area (TPSA) is 117 Å². The van der Waals surface area contributed by atoms with E-state index in [9.17, 15) is 15.0 Å². The van der Waals surface area contributed by atoms with Gasteiger partial charge in [-0.15, -0.1) is 0 Å². The fourth-order valence-electron chi connectivity index (χ4n) is 4.52. The van der Waals surface area contributed by atoms with E-state index in [1.807, 2.05) is 0 Å². The van der Waals surface area contributed by atoms with E-state index in [0.717, 1.165) is 44.2 Å². The van der Waals surface area contributed by atoms with E-state index < -0.39 is 17.2 Å². The van der Waals surface area contributed by atoms with Crippen molar-refractivity contribution in [3.8, 4) is 0 Å². The molecule has 3 aliphatic rings. The van der Waals surface area contributed by atoms with Crippen molar-refractivity contribution in [3.05, 3.63) is 52.6 Å². The highest BCUT2D eigenvalue weighted by atomic mass is 16.6. The molecule has 0 spiro atoms. The van der Waals surface area contributed by atoms with Gasteiger partial charge in [0.2, 0.25) is 0 Å². The second kappa shape index (κ2) is 9.17. The Bertz CT molecular complexity index is 1030. The summed E-state index contributed by atoms with van der Waals surface area (Å²) in [6.07, 6.45) is 14.3. The van der Waals surface area contributed by atoms with E-state index in [0.29, 0.717) is 5.92 Å². The van der Waals surface area contributed by atoms with Crippen LogP contribution in [0.3, 0.4) is 0 Å². The van der Waals surface area contributed by atoms with Crippen molar-refractivity contribution in [2.24, 2.45) is 10.9 Å². The second-order valence-corrected chi connectivity index (χ2v) is 9.74. The number of amidine groups is 1. The van der Waals surface area contributed by atoms with Gasteiger partial charge in [0.15, 0.2) is 5.76 Å². The Labute approximate surface area is 194 Å². The van der Waals surface area contributed by atoms with Crippen LogP contribution in [0.2, 0.25) is 0 Å². The minimum Gasteiger partial charge on any atom is -0.478 e. The molecule has 2 unspecified atom stereocenters. The molecule has 2 aliphatic carbocycles. The summed E-state index contributed by atoms with van der Waals surface area (Å²) in [5.41, 5.74) is 0.575. The first-order valence-electron chi connectivity index (χ1n) is 11.7. The van der Waals surface area contributed by atoms with Gasteiger partial charge in [0.05, 0.1) is 0 Å². The van der Waals surface area contributed by atoms with Crippen LogP contribution in [0, 0.1) is 5.92 Å². The highest BCUT2D eigenvalue weighted by Gasteiger charge is 2.51. The number of aliphatic hydroxyl groups is 1. The summed E-state index contributed by atoms with van der Waals surface area (Å²) in [5.74, 6) is -0.644. The monoisotopic (exact) mass is 455 g/mol. The molecular weight excluding hydrogens is 422 g/mol. The average molecular weight is 456 g/mol. The number of nitrogens with one attached hydrogen (secondary N) is 1. The van der Waals surface area contributed by atoms with Gasteiger partial charge in [-0.3, -0.25) is 0 Å². The first-order valence-corrected chi connectivity index (χ1v) is 11.7. The van der Waals surface area contributed by atoms with Crippen LogP contribution in [-0.4, -0.2) is 33.9 Å². The zero-order valence-corrected chi connectivity index (χ0v) is 19.6. The van der Waals surface area contributed by atoms with E-state index in [2.05, 4.69) is 40.6 Å². The molecule has 0 fully saturated rings. The highest BCUT2D eigenvalue weighted by molar-refractivity contribution is 5.88. The van der Waals surface area contributed by atoms with Crippen molar-refractivity contribution in [2.45, 2.75) is 76.9 Å². The Hall–Kier alpha value is -2.87. The van der Waals surface area contributed by atoms with Gasteiger partial charge in [0, 0.05) is 11.8 Å². The Morgan fingerprint density at radius 3 is 2.79 bits per heavy atom. The van der Waals surface area contributed by atoms with Crippen LogP contribution in [0.25, 0.3) is 0 Å². The van der Waals surface area contributed by atoms with Crippen molar-refractivity contribution >= 4 is 12.0 Å². The summed E-state index contributed by atoms with van der Waals surface area (Å²) < 4.78 is 11.1. The van der Waals surface area contributed by atoms with E-state index in [1.54, 1.807) is 13.8 Å². The lowest BCUT2D eigenvalue weighted by Gasteiger charge is -2.22. The van der Waals surface area contributed by atoms with Gasteiger partial charge in [-0.1, -0.05) is 35.4 Å². The first-order chi connectivity index (χ1) is 15.7. The normalized spacial score (nSPS) is 29.4. The minimum atomic E-state index is -1.80. The molecule has 4 rings (SSSR count). The quantitative estimate of drug-likeness (QED) is 0.580. The lowest BCUT2D eigenvalue weighted by molar-refractivity contribution is -0.155. The maximum atomic E-state index is 12.3. The van der Waals surface area contributed by atoms with Crippen LogP contribution in [-0.2, 0) is 20.7 Å². The highest BCUT2D eigenvalue weighted by Crippen LogP contribution is 2.34.